The Hall–Kier alpha value is -1.16. The van der Waals surface area contributed by atoms with Gasteiger partial charge in [0.2, 0.25) is 0 Å². The van der Waals surface area contributed by atoms with Gasteiger partial charge in [-0.15, -0.1) is 0 Å². The second kappa shape index (κ2) is 4.57. The maximum absolute atomic E-state index is 12.5. The molecule has 1 aromatic rings. The molecule has 15 heavy (non-hydrogen) atoms. The summed E-state index contributed by atoms with van der Waals surface area (Å²) in [6.45, 7) is 3.48. The van der Waals surface area contributed by atoms with E-state index in [2.05, 4.69) is 9.88 Å². The molecule has 0 N–H and O–H groups in total. The first-order valence-corrected chi connectivity index (χ1v) is 5.16. The van der Waals surface area contributed by atoms with Gasteiger partial charge in [0, 0.05) is 18.8 Å². The molecule has 82 valence electrons. The van der Waals surface area contributed by atoms with E-state index in [1.807, 2.05) is 25.1 Å². The van der Waals surface area contributed by atoms with E-state index < -0.39 is 6.67 Å². The molecule has 1 saturated heterocycles. The van der Waals surface area contributed by atoms with E-state index in [1.54, 1.807) is 0 Å². The van der Waals surface area contributed by atoms with Crippen molar-refractivity contribution in [2.45, 2.75) is 13.0 Å². The van der Waals surface area contributed by atoms with Crippen LogP contribution in [0.1, 0.15) is 5.69 Å². The van der Waals surface area contributed by atoms with Gasteiger partial charge in [0.25, 0.3) is 0 Å². The van der Waals surface area contributed by atoms with Gasteiger partial charge in [-0.2, -0.15) is 0 Å². The second-order valence-corrected chi connectivity index (χ2v) is 3.73. The number of halogens is 1. The average Bonchev–Trinajstić information content (AvgIpc) is 2.29. The lowest BCUT2D eigenvalue weighted by atomic mass is 10.2. The van der Waals surface area contributed by atoms with Crippen LogP contribution in [-0.2, 0) is 4.74 Å². The number of anilines is 1. The minimum atomic E-state index is -0.428. The Morgan fingerprint density at radius 1 is 1.60 bits per heavy atom. The van der Waals surface area contributed by atoms with Crippen molar-refractivity contribution in [2.24, 2.45) is 0 Å². The molecular formula is C11H15FN2O. The summed E-state index contributed by atoms with van der Waals surface area (Å²) >= 11 is 0. The zero-order valence-electron chi connectivity index (χ0n) is 8.82. The molecule has 0 spiro atoms. The normalized spacial score (nSPS) is 21.7. The average molecular weight is 210 g/mol. The van der Waals surface area contributed by atoms with E-state index in [9.17, 15) is 4.39 Å². The third kappa shape index (κ3) is 2.45. The summed E-state index contributed by atoms with van der Waals surface area (Å²) in [6, 6.07) is 5.88. The number of aromatic nitrogens is 1. The number of hydrogen-bond donors (Lipinski definition) is 0. The number of alkyl halides is 1. The summed E-state index contributed by atoms with van der Waals surface area (Å²) in [4.78, 5) is 6.48. The van der Waals surface area contributed by atoms with Gasteiger partial charge in [0.05, 0.1) is 6.61 Å². The molecule has 4 heteroatoms. The van der Waals surface area contributed by atoms with Crippen molar-refractivity contribution < 1.29 is 9.13 Å². The molecular weight excluding hydrogens is 195 g/mol. The predicted molar refractivity (Wildman–Crippen MR) is 56.9 cm³/mol. The lowest BCUT2D eigenvalue weighted by molar-refractivity contribution is 0.0245. The van der Waals surface area contributed by atoms with E-state index in [1.165, 1.54) is 0 Å². The third-order valence-corrected chi connectivity index (χ3v) is 2.51. The Kier molecular flexibility index (Phi) is 3.16. The first-order valence-electron chi connectivity index (χ1n) is 5.16. The van der Waals surface area contributed by atoms with Gasteiger partial charge < -0.3 is 9.64 Å². The molecule has 2 rings (SSSR count). The summed E-state index contributed by atoms with van der Waals surface area (Å²) in [5, 5.41) is 0. The zero-order valence-corrected chi connectivity index (χ0v) is 8.82. The molecule has 1 unspecified atom stereocenters. The van der Waals surface area contributed by atoms with Crippen LogP contribution in [0.4, 0.5) is 10.2 Å². The lowest BCUT2D eigenvalue weighted by Crippen LogP contribution is -2.43. The van der Waals surface area contributed by atoms with E-state index in [0.717, 1.165) is 18.1 Å². The quantitative estimate of drug-likeness (QED) is 0.740. The number of pyridine rings is 1. The number of aryl methyl sites for hydroxylation is 1. The highest BCUT2D eigenvalue weighted by Crippen LogP contribution is 2.15. The third-order valence-electron chi connectivity index (χ3n) is 2.51. The standard InChI is InChI=1S/C11H15FN2O/c1-9-3-2-4-11(13-9)14-5-6-15-10(7-12)8-14/h2-4,10H,5-8H2,1H3. The van der Waals surface area contributed by atoms with Gasteiger partial charge in [-0.25, -0.2) is 9.37 Å². The van der Waals surface area contributed by atoms with Crippen LogP contribution in [0.2, 0.25) is 0 Å². The smallest absolute Gasteiger partial charge is 0.128 e. The van der Waals surface area contributed by atoms with Crippen molar-refractivity contribution in [1.29, 1.82) is 0 Å². The summed E-state index contributed by atoms with van der Waals surface area (Å²) in [5.74, 6) is 0.914. The Morgan fingerprint density at radius 3 is 3.20 bits per heavy atom. The maximum Gasteiger partial charge on any atom is 0.128 e. The first kappa shape index (κ1) is 10.4. The fourth-order valence-corrected chi connectivity index (χ4v) is 1.73. The molecule has 0 radical (unpaired) electrons. The lowest BCUT2D eigenvalue weighted by Gasteiger charge is -2.32. The molecule has 1 aliphatic heterocycles. The van der Waals surface area contributed by atoms with Gasteiger partial charge in [0.15, 0.2) is 0 Å². The Morgan fingerprint density at radius 2 is 2.47 bits per heavy atom. The number of nitrogens with zero attached hydrogens (tertiary/aromatic N) is 2. The van der Waals surface area contributed by atoms with E-state index in [4.69, 9.17) is 4.74 Å². The molecule has 0 aliphatic carbocycles. The van der Waals surface area contributed by atoms with Crippen molar-refractivity contribution in [2.75, 3.05) is 31.3 Å². The summed E-state index contributed by atoms with van der Waals surface area (Å²) in [5.41, 5.74) is 0.982. The summed E-state index contributed by atoms with van der Waals surface area (Å²) in [6.07, 6.45) is -0.305. The second-order valence-electron chi connectivity index (χ2n) is 3.73. The zero-order chi connectivity index (χ0) is 10.7. The van der Waals surface area contributed by atoms with Gasteiger partial charge in [-0.3, -0.25) is 0 Å². The van der Waals surface area contributed by atoms with Crippen molar-refractivity contribution in [3.05, 3.63) is 23.9 Å². The predicted octanol–water partition coefficient (Wildman–Crippen LogP) is 1.56. The minimum Gasteiger partial charge on any atom is -0.372 e. The molecule has 1 atom stereocenters. The highest BCUT2D eigenvalue weighted by atomic mass is 19.1. The largest absolute Gasteiger partial charge is 0.372 e. The molecule has 1 fully saturated rings. The molecule has 1 aliphatic rings. The van der Waals surface area contributed by atoms with Gasteiger partial charge >= 0.3 is 0 Å². The molecule has 3 nitrogen and oxygen atoms in total. The molecule has 0 saturated carbocycles. The minimum absolute atomic E-state index is 0.305. The van der Waals surface area contributed by atoms with Gasteiger partial charge in [0.1, 0.15) is 18.6 Å². The van der Waals surface area contributed by atoms with Crippen LogP contribution in [0.5, 0.6) is 0 Å². The summed E-state index contributed by atoms with van der Waals surface area (Å²) in [7, 11) is 0. The van der Waals surface area contributed by atoms with Gasteiger partial charge in [-0.1, -0.05) is 6.07 Å². The number of morpholine rings is 1. The van der Waals surface area contributed by atoms with Crippen molar-refractivity contribution in [3.63, 3.8) is 0 Å². The number of ether oxygens (including phenoxy) is 1. The topological polar surface area (TPSA) is 25.4 Å². The van der Waals surface area contributed by atoms with E-state index in [0.29, 0.717) is 13.2 Å². The fourth-order valence-electron chi connectivity index (χ4n) is 1.73. The SMILES string of the molecule is Cc1cccc(N2CCOC(CF)C2)n1. The van der Waals surface area contributed by atoms with Crippen LogP contribution >= 0.6 is 0 Å². The Balaban J connectivity index is 2.09. The maximum atomic E-state index is 12.5. The van der Waals surface area contributed by atoms with Crippen molar-refractivity contribution >= 4 is 5.82 Å². The molecule has 0 aromatic carbocycles. The number of rotatable bonds is 2. The molecule has 0 amide bonds. The van der Waals surface area contributed by atoms with E-state index in [-0.39, 0.29) is 6.10 Å². The highest BCUT2D eigenvalue weighted by Gasteiger charge is 2.21. The fraction of sp³-hybridized carbons (Fsp3) is 0.545. The van der Waals surface area contributed by atoms with Crippen LogP contribution in [0.15, 0.2) is 18.2 Å². The van der Waals surface area contributed by atoms with Crippen molar-refractivity contribution in [3.8, 4) is 0 Å². The summed E-state index contributed by atoms with van der Waals surface area (Å²) < 4.78 is 17.7. The monoisotopic (exact) mass is 210 g/mol. The van der Waals surface area contributed by atoms with Crippen LogP contribution in [0.3, 0.4) is 0 Å². The van der Waals surface area contributed by atoms with Crippen LogP contribution in [-0.4, -0.2) is 37.5 Å². The Labute approximate surface area is 88.9 Å². The van der Waals surface area contributed by atoms with Crippen molar-refractivity contribution in [1.82, 2.24) is 4.98 Å². The molecule has 1 aromatic heterocycles. The van der Waals surface area contributed by atoms with Crippen LogP contribution in [0, 0.1) is 6.92 Å². The van der Waals surface area contributed by atoms with Crippen LogP contribution < -0.4 is 4.90 Å². The van der Waals surface area contributed by atoms with Gasteiger partial charge in [-0.05, 0) is 19.1 Å². The Bertz CT molecular complexity index is 332. The molecule has 0 bridgehead atoms. The van der Waals surface area contributed by atoms with E-state index >= 15 is 0 Å². The number of hydrogen-bond acceptors (Lipinski definition) is 3. The van der Waals surface area contributed by atoms with Crippen LogP contribution in [0.25, 0.3) is 0 Å². The first-order chi connectivity index (χ1) is 7.29. The highest BCUT2D eigenvalue weighted by molar-refractivity contribution is 5.39. The molecule has 2 heterocycles.